The first kappa shape index (κ1) is 18.4. The van der Waals surface area contributed by atoms with E-state index in [0.29, 0.717) is 17.1 Å². The van der Waals surface area contributed by atoms with Gasteiger partial charge in [-0.2, -0.15) is 5.10 Å². The fraction of sp³-hybridized carbons (Fsp3) is 0.300. The van der Waals surface area contributed by atoms with Crippen LogP contribution in [0.4, 0.5) is 5.82 Å². The predicted octanol–water partition coefficient (Wildman–Crippen LogP) is 3.16. The molecule has 3 aromatic rings. The van der Waals surface area contributed by atoms with E-state index in [0.717, 1.165) is 35.9 Å². The number of nitrogens with one attached hydrogen (secondary N) is 2. The molecule has 1 aliphatic rings. The SMILES string of the molecule is COc1cc(OC)cc(C(=O)N[C@H]2CCN(c3cc(-c4cccs4)[nH]n3)C2)c1. The van der Waals surface area contributed by atoms with Gasteiger partial charge < -0.3 is 19.7 Å². The minimum Gasteiger partial charge on any atom is -0.497 e. The third-order valence-corrected chi connectivity index (χ3v) is 5.72. The summed E-state index contributed by atoms with van der Waals surface area (Å²) in [6, 6.07) is 11.4. The molecule has 1 aromatic carbocycles. The summed E-state index contributed by atoms with van der Waals surface area (Å²) in [7, 11) is 3.14. The summed E-state index contributed by atoms with van der Waals surface area (Å²) in [4.78, 5) is 16.0. The normalized spacial score (nSPS) is 16.2. The first-order chi connectivity index (χ1) is 13.7. The zero-order valence-corrected chi connectivity index (χ0v) is 16.6. The van der Waals surface area contributed by atoms with Crippen LogP contribution in [-0.2, 0) is 0 Å². The fourth-order valence-electron chi connectivity index (χ4n) is 3.32. The maximum atomic E-state index is 12.7. The topological polar surface area (TPSA) is 79.5 Å². The molecule has 3 heterocycles. The van der Waals surface area contributed by atoms with Crippen LogP contribution in [0.3, 0.4) is 0 Å². The molecule has 1 aliphatic heterocycles. The van der Waals surface area contributed by atoms with E-state index < -0.39 is 0 Å². The second kappa shape index (κ2) is 7.93. The molecule has 1 atom stereocenters. The molecule has 0 bridgehead atoms. The van der Waals surface area contributed by atoms with Crippen molar-refractivity contribution in [3.8, 4) is 22.1 Å². The second-order valence-electron chi connectivity index (χ2n) is 6.62. The molecule has 0 aliphatic carbocycles. The van der Waals surface area contributed by atoms with Crippen LogP contribution >= 0.6 is 11.3 Å². The average molecular weight is 398 g/mol. The molecule has 0 radical (unpaired) electrons. The lowest BCUT2D eigenvalue weighted by Gasteiger charge is -2.16. The highest BCUT2D eigenvalue weighted by molar-refractivity contribution is 7.13. The van der Waals surface area contributed by atoms with Gasteiger partial charge in [-0.3, -0.25) is 9.89 Å². The van der Waals surface area contributed by atoms with E-state index in [2.05, 4.69) is 32.5 Å². The quantitative estimate of drug-likeness (QED) is 0.667. The Morgan fingerprint density at radius 2 is 2.04 bits per heavy atom. The molecule has 0 spiro atoms. The standard InChI is InChI=1S/C20H22N4O3S/c1-26-15-8-13(9-16(10-15)27-2)20(25)21-14-5-6-24(12-14)19-11-17(22-23-19)18-4-3-7-28-18/h3-4,7-11,14H,5-6,12H2,1-2H3,(H,21,25)(H,22,23)/t14-/m0/s1. The first-order valence-electron chi connectivity index (χ1n) is 9.04. The summed E-state index contributed by atoms with van der Waals surface area (Å²) in [5.74, 6) is 1.96. The number of carbonyl (C=O) groups excluding carboxylic acids is 1. The lowest BCUT2D eigenvalue weighted by Crippen LogP contribution is -2.37. The lowest BCUT2D eigenvalue weighted by molar-refractivity contribution is 0.0939. The third kappa shape index (κ3) is 3.82. The van der Waals surface area contributed by atoms with Crippen molar-refractivity contribution in [2.24, 2.45) is 0 Å². The van der Waals surface area contributed by atoms with Gasteiger partial charge in [0.25, 0.3) is 5.91 Å². The van der Waals surface area contributed by atoms with E-state index in [4.69, 9.17) is 9.47 Å². The van der Waals surface area contributed by atoms with Gasteiger partial charge in [-0.15, -0.1) is 11.3 Å². The lowest BCUT2D eigenvalue weighted by atomic mass is 10.1. The molecule has 0 saturated carbocycles. The number of hydrogen-bond donors (Lipinski definition) is 2. The number of methoxy groups -OCH3 is 2. The van der Waals surface area contributed by atoms with Crippen molar-refractivity contribution >= 4 is 23.1 Å². The van der Waals surface area contributed by atoms with Gasteiger partial charge in [0, 0.05) is 36.8 Å². The predicted molar refractivity (Wildman–Crippen MR) is 110 cm³/mol. The van der Waals surface area contributed by atoms with Crippen molar-refractivity contribution in [3.63, 3.8) is 0 Å². The van der Waals surface area contributed by atoms with Gasteiger partial charge in [0.2, 0.25) is 0 Å². The minimum absolute atomic E-state index is 0.0617. The number of rotatable bonds is 6. The Bertz CT molecular complexity index is 932. The zero-order chi connectivity index (χ0) is 19.5. The van der Waals surface area contributed by atoms with Crippen LogP contribution in [0.2, 0.25) is 0 Å². The first-order valence-corrected chi connectivity index (χ1v) is 9.92. The van der Waals surface area contributed by atoms with Gasteiger partial charge >= 0.3 is 0 Å². The maximum absolute atomic E-state index is 12.7. The van der Waals surface area contributed by atoms with Crippen LogP contribution < -0.4 is 19.7 Å². The number of benzene rings is 1. The van der Waals surface area contributed by atoms with Crippen molar-refractivity contribution < 1.29 is 14.3 Å². The largest absolute Gasteiger partial charge is 0.497 e. The number of ether oxygens (including phenoxy) is 2. The molecule has 0 unspecified atom stereocenters. The molecule has 1 saturated heterocycles. The smallest absolute Gasteiger partial charge is 0.251 e. The Labute approximate surface area is 167 Å². The minimum atomic E-state index is -0.134. The fourth-order valence-corrected chi connectivity index (χ4v) is 4.02. The summed E-state index contributed by atoms with van der Waals surface area (Å²) in [6.07, 6.45) is 0.869. The van der Waals surface area contributed by atoms with Crippen LogP contribution in [0.25, 0.3) is 10.6 Å². The van der Waals surface area contributed by atoms with Gasteiger partial charge in [0.1, 0.15) is 11.5 Å². The molecule has 2 aromatic heterocycles. The molecule has 7 nitrogen and oxygen atoms in total. The van der Waals surface area contributed by atoms with E-state index in [1.165, 1.54) is 0 Å². The average Bonchev–Trinajstić information content (AvgIpc) is 3.47. The monoisotopic (exact) mass is 398 g/mol. The molecule has 8 heteroatoms. The van der Waals surface area contributed by atoms with Gasteiger partial charge in [-0.05, 0) is 30.0 Å². The van der Waals surface area contributed by atoms with E-state index in [1.807, 2.05) is 11.4 Å². The Morgan fingerprint density at radius 1 is 1.25 bits per heavy atom. The number of thiophene rings is 1. The van der Waals surface area contributed by atoms with Crippen molar-refractivity contribution in [3.05, 3.63) is 47.3 Å². The Kier molecular flexibility index (Phi) is 5.21. The number of H-pyrrole nitrogens is 1. The van der Waals surface area contributed by atoms with Crippen LogP contribution in [0.5, 0.6) is 11.5 Å². The summed E-state index contributed by atoms with van der Waals surface area (Å²) in [6.45, 7) is 1.57. The van der Waals surface area contributed by atoms with Crippen molar-refractivity contribution in [2.45, 2.75) is 12.5 Å². The highest BCUT2D eigenvalue weighted by atomic mass is 32.1. The number of hydrogen-bond acceptors (Lipinski definition) is 6. The molecular formula is C20H22N4O3S. The number of aromatic nitrogens is 2. The molecule has 146 valence electrons. The van der Waals surface area contributed by atoms with Gasteiger partial charge in [-0.25, -0.2) is 0 Å². The molecule has 2 N–H and O–H groups in total. The van der Waals surface area contributed by atoms with E-state index in [1.54, 1.807) is 43.8 Å². The van der Waals surface area contributed by atoms with Crippen LogP contribution in [0, 0.1) is 0 Å². The highest BCUT2D eigenvalue weighted by Crippen LogP contribution is 2.28. The van der Waals surface area contributed by atoms with Gasteiger partial charge in [0.05, 0.1) is 24.8 Å². The van der Waals surface area contributed by atoms with Crippen molar-refractivity contribution in [2.75, 3.05) is 32.2 Å². The summed E-state index contributed by atoms with van der Waals surface area (Å²) in [5.41, 5.74) is 1.54. The molecular weight excluding hydrogens is 376 g/mol. The molecule has 4 rings (SSSR count). The third-order valence-electron chi connectivity index (χ3n) is 4.81. The second-order valence-corrected chi connectivity index (χ2v) is 7.57. The number of aromatic amines is 1. The Morgan fingerprint density at radius 3 is 2.71 bits per heavy atom. The maximum Gasteiger partial charge on any atom is 0.251 e. The zero-order valence-electron chi connectivity index (χ0n) is 15.8. The number of anilines is 1. The van der Waals surface area contributed by atoms with Crippen molar-refractivity contribution in [1.29, 1.82) is 0 Å². The highest BCUT2D eigenvalue weighted by Gasteiger charge is 2.26. The Balaban J connectivity index is 1.40. The van der Waals surface area contributed by atoms with E-state index in [-0.39, 0.29) is 11.9 Å². The van der Waals surface area contributed by atoms with Crippen molar-refractivity contribution in [1.82, 2.24) is 15.5 Å². The van der Waals surface area contributed by atoms with E-state index >= 15 is 0 Å². The summed E-state index contributed by atoms with van der Waals surface area (Å²) < 4.78 is 10.5. The van der Waals surface area contributed by atoms with Crippen LogP contribution in [0.15, 0.2) is 41.8 Å². The number of amides is 1. The summed E-state index contributed by atoms with van der Waals surface area (Å²) in [5, 5.41) is 12.7. The van der Waals surface area contributed by atoms with Crippen LogP contribution in [0.1, 0.15) is 16.8 Å². The number of carbonyl (C=O) groups is 1. The number of nitrogens with zero attached hydrogens (tertiary/aromatic N) is 2. The van der Waals surface area contributed by atoms with E-state index in [9.17, 15) is 4.79 Å². The van der Waals surface area contributed by atoms with Gasteiger partial charge in [-0.1, -0.05) is 6.07 Å². The van der Waals surface area contributed by atoms with Crippen LogP contribution in [-0.4, -0.2) is 49.5 Å². The molecule has 28 heavy (non-hydrogen) atoms. The Hall–Kier alpha value is -3.00. The summed E-state index contributed by atoms with van der Waals surface area (Å²) >= 11 is 1.68. The molecule has 1 amide bonds. The van der Waals surface area contributed by atoms with Gasteiger partial charge in [0.15, 0.2) is 5.82 Å². The molecule has 1 fully saturated rings.